The molecular formula is C20H29NO5. The summed E-state index contributed by atoms with van der Waals surface area (Å²) in [5.74, 6) is 1.16. The van der Waals surface area contributed by atoms with Crippen LogP contribution < -0.4 is 5.32 Å². The first-order chi connectivity index (χ1) is 12.6. The fourth-order valence-electron chi connectivity index (χ4n) is 4.78. The maximum absolute atomic E-state index is 11.1. The predicted molar refractivity (Wildman–Crippen MR) is 97.0 cm³/mol. The summed E-state index contributed by atoms with van der Waals surface area (Å²) < 4.78 is 17.3. The number of methoxy groups -OCH3 is 2. The number of rotatable bonds is 7. The molecule has 1 aromatic carbocycles. The highest BCUT2D eigenvalue weighted by Gasteiger charge is 2.49. The van der Waals surface area contributed by atoms with Crippen LogP contribution in [0.3, 0.4) is 0 Å². The van der Waals surface area contributed by atoms with E-state index in [0.717, 1.165) is 24.8 Å². The van der Waals surface area contributed by atoms with Crippen molar-refractivity contribution < 1.29 is 24.1 Å². The van der Waals surface area contributed by atoms with Crippen molar-refractivity contribution in [1.82, 2.24) is 5.32 Å². The number of hydrogen-bond donors (Lipinski definition) is 2. The van der Waals surface area contributed by atoms with Crippen LogP contribution in [0.2, 0.25) is 0 Å². The Morgan fingerprint density at radius 1 is 1.12 bits per heavy atom. The van der Waals surface area contributed by atoms with Crippen molar-refractivity contribution in [3.05, 3.63) is 35.9 Å². The lowest BCUT2D eigenvalue weighted by molar-refractivity contribution is -0.0226. The molecule has 2 saturated carbocycles. The molecular weight excluding hydrogens is 334 g/mol. The number of carboxylic acid groups (broad SMARTS) is 1. The second-order valence-electron chi connectivity index (χ2n) is 7.40. The van der Waals surface area contributed by atoms with Gasteiger partial charge in [-0.25, -0.2) is 4.79 Å². The molecule has 0 saturated heterocycles. The third kappa shape index (κ3) is 4.37. The quantitative estimate of drug-likeness (QED) is 0.779. The van der Waals surface area contributed by atoms with E-state index in [2.05, 4.69) is 17.4 Å². The van der Waals surface area contributed by atoms with Crippen LogP contribution in [0.5, 0.6) is 0 Å². The van der Waals surface area contributed by atoms with Gasteiger partial charge in [-0.1, -0.05) is 30.3 Å². The first-order valence-electron chi connectivity index (χ1n) is 9.29. The standard InChI is InChI=1S/C20H29NO5/c1-24-18-8-14-9-19(25-2)17(21-20(22)23)10-15(14)16(18)12-26-11-13-6-4-3-5-7-13/h3-7,14-19,21H,8-12H2,1-2H3,(H,22,23)/t14-,15-,16+,17+,18+,19+/m1/s1. The second-order valence-corrected chi connectivity index (χ2v) is 7.40. The summed E-state index contributed by atoms with van der Waals surface area (Å²) in [4.78, 5) is 11.1. The Labute approximate surface area is 154 Å². The zero-order valence-corrected chi connectivity index (χ0v) is 15.5. The van der Waals surface area contributed by atoms with E-state index in [9.17, 15) is 4.79 Å². The van der Waals surface area contributed by atoms with Crippen molar-refractivity contribution in [1.29, 1.82) is 0 Å². The number of fused-ring (bicyclic) bond motifs is 1. The molecule has 2 aliphatic rings. The van der Waals surface area contributed by atoms with Gasteiger partial charge >= 0.3 is 6.09 Å². The average molecular weight is 363 g/mol. The van der Waals surface area contributed by atoms with Gasteiger partial charge in [0.1, 0.15) is 0 Å². The molecule has 0 radical (unpaired) electrons. The van der Waals surface area contributed by atoms with Crippen LogP contribution in [0.25, 0.3) is 0 Å². The van der Waals surface area contributed by atoms with Crippen molar-refractivity contribution in [2.24, 2.45) is 17.8 Å². The highest BCUT2D eigenvalue weighted by molar-refractivity contribution is 5.65. The van der Waals surface area contributed by atoms with Gasteiger partial charge in [0.2, 0.25) is 0 Å². The normalized spacial score (nSPS) is 33.6. The molecule has 0 spiro atoms. The molecule has 0 aromatic heterocycles. The van der Waals surface area contributed by atoms with E-state index < -0.39 is 6.09 Å². The number of benzene rings is 1. The Morgan fingerprint density at radius 2 is 1.81 bits per heavy atom. The molecule has 2 aliphatic carbocycles. The molecule has 1 amide bonds. The van der Waals surface area contributed by atoms with Gasteiger partial charge in [-0.3, -0.25) is 0 Å². The van der Waals surface area contributed by atoms with E-state index in [4.69, 9.17) is 19.3 Å². The molecule has 1 aromatic rings. The Bertz CT molecular complexity index is 581. The van der Waals surface area contributed by atoms with Crippen LogP contribution in [0, 0.1) is 17.8 Å². The Kier molecular flexibility index (Phi) is 6.51. The van der Waals surface area contributed by atoms with Gasteiger partial charge in [0.25, 0.3) is 0 Å². The monoisotopic (exact) mass is 363 g/mol. The van der Waals surface area contributed by atoms with Gasteiger partial charge in [-0.05, 0) is 36.7 Å². The summed E-state index contributed by atoms with van der Waals surface area (Å²) in [7, 11) is 3.41. The predicted octanol–water partition coefficient (Wildman–Crippen LogP) is 2.92. The third-order valence-corrected chi connectivity index (χ3v) is 6.01. The van der Waals surface area contributed by atoms with E-state index >= 15 is 0 Å². The largest absolute Gasteiger partial charge is 0.465 e. The zero-order chi connectivity index (χ0) is 18.5. The van der Waals surface area contributed by atoms with Gasteiger partial charge in [0.15, 0.2) is 0 Å². The fraction of sp³-hybridized carbons (Fsp3) is 0.650. The summed E-state index contributed by atoms with van der Waals surface area (Å²) in [5.41, 5.74) is 1.16. The summed E-state index contributed by atoms with van der Waals surface area (Å²) in [6.07, 6.45) is 1.71. The highest BCUT2D eigenvalue weighted by atomic mass is 16.5. The zero-order valence-electron chi connectivity index (χ0n) is 15.5. The second kappa shape index (κ2) is 8.84. The summed E-state index contributed by atoms with van der Waals surface area (Å²) in [6, 6.07) is 9.96. The lowest BCUT2D eigenvalue weighted by Gasteiger charge is -2.39. The van der Waals surface area contributed by atoms with Gasteiger partial charge in [-0.15, -0.1) is 0 Å². The minimum Gasteiger partial charge on any atom is -0.465 e. The highest BCUT2D eigenvalue weighted by Crippen LogP contribution is 2.47. The van der Waals surface area contributed by atoms with Gasteiger partial charge in [0.05, 0.1) is 31.5 Å². The fourth-order valence-corrected chi connectivity index (χ4v) is 4.78. The molecule has 6 heteroatoms. The minimum absolute atomic E-state index is 0.0751. The molecule has 6 nitrogen and oxygen atoms in total. The van der Waals surface area contributed by atoms with E-state index in [1.165, 1.54) is 0 Å². The summed E-state index contributed by atoms with van der Waals surface area (Å²) in [6.45, 7) is 1.22. The molecule has 0 bridgehead atoms. The number of carbonyl (C=O) groups is 1. The number of hydrogen-bond acceptors (Lipinski definition) is 4. The lowest BCUT2D eigenvalue weighted by atomic mass is 9.74. The number of amides is 1. The third-order valence-electron chi connectivity index (χ3n) is 6.01. The number of nitrogens with one attached hydrogen (secondary N) is 1. The first kappa shape index (κ1) is 19.1. The van der Waals surface area contributed by atoms with Gasteiger partial charge in [0, 0.05) is 20.1 Å². The molecule has 3 rings (SSSR count). The van der Waals surface area contributed by atoms with Crippen molar-refractivity contribution in [3.8, 4) is 0 Å². The van der Waals surface area contributed by atoms with Crippen LogP contribution in [0.4, 0.5) is 4.79 Å². The van der Waals surface area contributed by atoms with Crippen LogP contribution in [-0.4, -0.2) is 50.3 Å². The molecule has 26 heavy (non-hydrogen) atoms. The Balaban J connectivity index is 1.63. The molecule has 0 unspecified atom stereocenters. The first-order valence-corrected chi connectivity index (χ1v) is 9.29. The lowest BCUT2D eigenvalue weighted by Crippen LogP contribution is -2.50. The smallest absolute Gasteiger partial charge is 0.404 e. The van der Waals surface area contributed by atoms with Crippen molar-refractivity contribution >= 4 is 6.09 Å². The average Bonchev–Trinajstić information content (AvgIpc) is 2.98. The maximum Gasteiger partial charge on any atom is 0.404 e. The van der Waals surface area contributed by atoms with Crippen LogP contribution in [0.15, 0.2) is 30.3 Å². The van der Waals surface area contributed by atoms with Crippen LogP contribution in [0.1, 0.15) is 24.8 Å². The molecule has 2 fully saturated rings. The number of ether oxygens (including phenoxy) is 3. The molecule has 6 atom stereocenters. The van der Waals surface area contributed by atoms with E-state index in [-0.39, 0.29) is 24.2 Å². The molecule has 0 aliphatic heterocycles. The van der Waals surface area contributed by atoms with Crippen molar-refractivity contribution in [2.75, 3.05) is 20.8 Å². The Morgan fingerprint density at radius 3 is 2.46 bits per heavy atom. The van der Waals surface area contributed by atoms with E-state index in [1.807, 2.05) is 18.2 Å². The SMILES string of the molecule is CO[C@H]1C[C@@H]2C[C@H](OC)[C@@H](NC(=O)O)C[C@H]2[C@@H]1COCc1ccccc1. The van der Waals surface area contributed by atoms with Gasteiger partial charge in [-0.2, -0.15) is 0 Å². The van der Waals surface area contributed by atoms with E-state index in [0.29, 0.717) is 25.0 Å². The molecule has 2 N–H and O–H groups in total. The Hall–Kier alpha value is -1.63. The summed E-state index contributed by atoms with van der Waals surface area (Å²) in [5, 5.41) is 11.8. The van der Waals surface area contributed by atoms with Crippen molar-refractivity contribution in [2.45, 2.75) is 44.1 Å². The van der Waals surface area contributed by atoms with E-state index in [1.54, 1.807) is 14.2 Å². The van der Waals surface area contributed by atoms with Crippen LogP contribution in [-0.2, 0) is 20.8 Å². The molecule has 144 valence electrons. The summed E-state index contributed by atoms with van der Waals surface area (Å²) >= 11 is 0. The van der Waals surface area contributed by atoms with Crippen LogP contribution >= 0.6 is 0 Å². The van der Waals surface area contributed by atoms with Crippen molar-refractivity contribution in [3.63, 3.8) is 0 Å². The topological polar surface area (TPSA) is 77.0 Å². The van der Waals surface area contributed by atoms with Gasteiger partial charge < -0.3 is 24.6 Å². The maximum atomic E-state index is 11.1. The molecule has 0 heterocycles. The minimum atomic E-state index is -0.992.